The van der Waals surface area contributed by atoms with E-state index in [0.29, 0.717) is 19.0 Å². The predicted molar refractivity (Wildman–Crippen MR) is 87.1 cm³/mol. The van der Waals surface area contributed by atoms with Crippen LogP contribution in [0.5, 0.6) is 0 Å². The number of rotatable bonds is 2. The summed E-state index contributed by atoms with van der Waals surface area (Å²) in [5.41, 5.74) is 2.07. The van der Waals surface area contributed by atoms with Crippen LogP contribution in [0.3, 0.4) is 0 Å². The normalized spacial score (nSPS) is 22.5. The molecule has 0 unspecified atom stereocenters. The molecule has 0 N–H and O–H groups in total. The number of carbonyl (C=O) groups excluding carboxylic acids is 1. The molecule has 1 fully saturated rings. The maximum absolute atomic E-state index is 12.2. The summed E-state index contributed by atoms with van der Waals surface area (Å²) in [6, 6.07) is 8.53. The molecule has 0 aromatic heterocycles. The van der Waals surface area contributed by atoms with Crippen molar-refractivity contribution < 1.29 is 14.3 Å². The highest BCUT2D eigenvalue weighted by Gasteiger charge is 2.34. The number of benzene rings is 1. The smallest absolute Gasteiger partial charge is 0.410 e. The Morgan fingerprint density at radius 3 is 2.64 bits per heavy atom. The van der Waals surface area contributed by atoms with Crippen molar-refractivity contribution in [1.29, 1.82) is 0 Å². The minimum Gasteiger partial charge on any atom is -0.444 e. The van der Waals surface area contributed by atoms with Gasteiger partial charge in [-0.1, -0.05) is 29.8 Å². The average molecular weight is 305 g/mol. The van der Waals surface area contributed by atoms with Gasteiger partial charge >= 0.3 is 6.09 Å². The van der Waals surface area contributed by atoms with Crippen molar-refractivity contribution in [3.63, 3.8) is 0 Å². The highest BCUT2D eigenvalue weighted by atomic mass is 16.6. The lowest BCUT2D eigenvalue weighted by atomic mass is 9.86. The average Bonchev–Trinajstić information content (AvgIpc) is 2.44. The van der Waals surface area contributed by atoms with Gasteiger partial charge in [0.2, 0.25) is 0 Å². The molecule has 1 aliphatic heterocycles. The summed E-state index contributed by atoms with van der Waals surface area (Å²) >= 11 is 0. The second kappa shape index (κ2) is 6.69. The van der Waals surface area contributed by atoms with Crippen molar-refractivity contribution in [2.45, 2.75) is 51.7 Å². The van der Waals surface area contributed by atoms with E-state index in [1.54, 1.807) is 12.0 Å². The summed E-state index contributed by atoms with van der Waals surface area (Å²) in [5, 5.41) is 0. The summed E-state index contributed by atoms with van der Waals surface area (Å²) in [6.45, 7) is 9.03. The summed E-state index contributed by atoms with van der Waals surface area (Å²) in [6.07, 6.45) is 0.640. The van der Waals surface area contributed by atoms with Crippen LogP contribution >= 0.6 is 0 Å². The molecular weight excluding hydrogens is 278 g/mol. The Morgan fingerprint density at radius 1 is 1.32 bits per heavy atom. The number of amides is 1. The topological polar surface area (TPSA) is 38.8 Å². The number of hydrogen-bond donors (Lipinski definition) is 0. The number of carbonyl (C=O) groups is 1. The second-order valence-electron chi connectivity index (χ2n) is 7.01. The third-order valence-corrected chi connectivity index (χ3v) is 3.98. The maximum atomic E-state index is 12.2. The van der Waals surface area contributed by atoms with Crippen LogP contribution in [0, 0.1) is 6.92 Å². The van der Waals surface area contributed by atoms with E-state index < -0.39 is 5.60 Å². The molecule has 2 atom stereocenters. The van der Waals surface area contributed by atoms with Crippen molar-refractivity contribution in [2.24, 2.45) is 0 Å². The third-order valence-electron chi connectivity index (χ3n) is 3.98. The van der Waals surface area contributed by atoms with Gasteiger partial charge in [-0.2, -0.15) is 0 Å². The molecule has 2 rings (SSSR count). The van der Waals surface area contributed by atoms with E-state index in [2.05, 4.69) is 31.2 Å². The van der Waals surface area contributed by atoms with E-state index >= 15 is 0 Å². The zero-order valence-corrected chi connectivity index (χ0v) is 14.3. The van der Waals surface area contributed by atoms with Gasteiger partial charge in [0.1, 0.15) is 5.60 Å². The Balaban J connectivity index is 2.07. The molecule has 1 saturated heterocycles. The predicted octanol–water partition coefficient (Wildman–Crippen LogP) is 3.73. The summed E-state index contributed by atoms with van der Waals surface area (Å²) < 4.78 is 11.1. The molecule has 0 saturated carbocycles. The van der Waals surface area contributed by atoms with Crippen LogP contribution in [0.15, 0.2) is 24.3 Å². The molecule has 22 heavy (non-hydrogen) atoms. The lowest BCUT2D eigenvalue weighted by molar-refractivity contribution is -0.0139. The maximum Gasteiger partial charge on any atom is 0.410 e. The van der Waals surface area contributed by atoms with Gasteiger partial charge < -0.3 is 14.4 Å². The van der Waals surface area contributed by atoms with Gasteiger partial charge in [0, 0.05) is 19.6 Å². The molecule has 122 valence electrons. The Labute approximate surface area is 133 Å². The Morgan fingerprint density at radius 2 is 2.05 bits per heavy atom. The molecule has 0 bridgehead atoms. The first kappa shape index (κ1) is 16.8. The van der Waals surface area contributed by atoms with Crippen molar-refractivity contribution in [3.8, 4) is 0 Å². The minimum atomic E-state index is -0.465. The second-order valence-corrected chi connectivity index (χ2v) is 7.01. The van der Waals surface area contributed by atoms with Gasteiger partial charge in [-0.3, -0.25) is 0 Å². The van der Waals surface area contributed by atoms with Gasteiger partial charge in [-0.05, 0) is 39.7 Å². The molecule has 1 heterocycles. The zero-order chi connectivity index (χ0) is 16.3. The first-order valence-corrected chi connectivity index (χ1v) is 7.87. The standard InChI is InChI=1S/C18H27NO3/c1-13-7-6-8-14(11-13)15-9-10-19(12-16(15)21-5)17(20)22-18(2,3)4/h6-8,11,15-16H,9-10,12H2,1-5H3/t15-,16+/m0/s1. The van der Waals surface area contributed by atoms with E-state index in [1.165, 1.54) is 11.1 Å². The lowest BCUT2D eigenvalue weighted by Crippen LogP contribution is -2.48. The zero-order valence-electron chi connectivity index (χ0n) is 14.3. The monoisotopic (exact) mass is 305 g/mol. The van der Waals surface area contributed by atoms with Crippen LogP contribution in [-0.4, -0.2) is 42.9 Å². The first-order valence-electron chi connectivity index (χ1n) is 7.87. The highest BCUT2D eigenvalue weighted by molar-refractivity contribution is 5.68. The van der Waals surface area contributed by atoms with Gasteiger partial charge in [0.15, 0.2) is 0 Å². The molecule has 1 aromatic rings. The molecule has 1 amide bonds. The van der Waals surface area contributed by atoms with Crippen LogP contribution in [0.25, 0.3) is 0 Å². The van der Waals surface area contributed by atoms with E-state index in [-0.39, 0.29) is 12.2 Å². The number of aryl methyl sites for hydroxylation is 1. The number of piperidine rings is 1. The SMILES string of the molecule is CO[C@@H]1CN(C(=O)OC(C)(C)C)CC[C@H]1c1cccc(C)c1. The quantitative estimate of drug-likeness (QED) is 0.835. The van der Waals surface area contributed by atoms with Crippen LogP contribution < -0.4 is 0 Å². The van der Waals surface area contributed by atoms with Crippen molar-refractivity contribution in [3.05, 3.63) is 35.4 Å². The highest BCUT2D eigenvalue weighted by Crippen LogP contribution is 2.31. The van der Waals surface area contributed by atoms with E-state index in [9.17, 15) is 4.79 Å². The Bertz CT molecular complexity index is 521. The number of hydrogen-bond acceptors (Lipinski definition) is 3. The van der Waals surface area contributed by atoms with Gasteiger partial charge in [-0.15, -0.1) is 0 Å². The number of ether oxygens (including phenoxy) is 2. The van der Waals surface area contributed by atoms with Gasteiger partial charge in [0.05, 0.1) is 12.6 Å². The first-order chi connectivity index (χ1) is 10.3. The molecule has 0 aliphatic carbocycles. The minimum absolute atomic E-state index is 0.00284. The van der Waals surface area contributed by atoms with Crippen LogP contribution in [0.1, 0.15) is 44.2 Å². The van der Waals surface area contributed by atoms with E-state index in [1.807, 2.05) is 20.8 Å². The van der Waals surface area contributed by atoms with Crippen LogP contribution in [-0.2, 0) is 9.47 Å². The van der Waals surface area contributed by atoms with Crippen molar-refractivity contribution in [2.75, 3.05) is 20.2 Å². The summed E-state index contributed by atoms with van der Waals surface area (Å²) in [7, 11) is 1.71. The fraction of sp³-hybridized carbons (Fsp3) is 0.611. The van der Waals surface area contributed by atoms with Crippen LogP contribution in [0.4, 0.5) is 4.79 Å². The fourth-order valence-electron chi connectivity index (χ4n) is 2.93. The van der Waals surface area contributed by atoms with E-state index in [0.717, 1.165) is 6.42 Å². The molecule has 1 aromatic carbocycles. The largest absolute Gasteiger partial charge is 0.444 e. The lowest BCUT2D eigenvalue weighted by Gasteiger charge is -2.38. The summed E-state index contributed by atoms with van der Waals surface area (Å²) in [4.78, 5) is 14.0. The molecular formula is C18H27NO3. The van der Waals surface area contributed by atoms with Gasteiger partial charge in [-0.25, -0.2) is 4.79 Å². The van der Waals surface area contributed by atoms with Crippen molar-refractivity contribution in [1.82, 2.24) is 4.90 Å². The summed E-state index contributed by atoms with van der Waals surface area (Å²) in [5.74, 6) is 0.323. The van der Waals surface area contributed by atoms with Crippen molar-refractivity contribution >= 4 is 6.09 Å². The molecule has 1 aliphatic rings. The third kappa shape index (κ3) is 4.23. The molecule has 4 nitrogen and oxygen atoms in total. The van der Waals surface area contributed by atoms with Crippen LogP contribution in [0.2, 0.25) is 0 Å². The molecule has 0 radical (unpaired) electrons. The number of likely N-dealkylation sites (tertiary alicyclic amines) is 1. The molecule has 4 heteroatoms. The molecule has 0 spiro atoms. The fourth-order valence-corrected chi connectivity index (χ4v) is 2.93. The van der Waals surface area contributed by atoms with E-state index in [4.69, 9.17) is 9.47 Å². The number of nitrogens with zero attached hydrogens (tertiary/aromatic N) is 1. The Hall–Kier alpha value is -1.55. The number of methoxy groups -OCH3 is 1. The van der Waals surface area contributed by atoms with Gasteiger partial charge in [0.25, 0.3) is 0 Å². The Kier molecular flexibility index (Phi) is 5.12.